The van der Waals surface area contributed by atoms with E-state index in [1.165, 1.54) is 31.3 Å². The second-order valence-corrected chi connectivity index (χ2v) is 9.72. The van der Waals surface area contributed by atoms with Gasteiger partial charge in [0, 0.05) is 36.7 Å². The monoisotopic (exact) mass is 464 g/mol. The predicted molar refractivity (Wildman–Crippen MR) is 149 cm³/mol. The SMILES string of the molecule is c1ccc(-c2nc(-c3cccc(-c4cccc5sc6ccccc6c45)c3)c3ccccc3n2)cc1. The van der Waals surface area contributed by atoms with E-state index < -0.39 is 0 Å². The maximum absolute atomic E-state index is 5.07. The third-order valence-electron chi connectivity index (χ3n) is 6.48. The Morgan fingerprint density at radius 1 is 0.486 bits per heavy atom. The number of benzene rings is 5. The van der Waals surface area contributed by atoms with Crippen LogP contribution in [0.1, 0.15) is 0 Å². The van der Waals surface area contributed by atoms with Crippen LogP contribution in [0.25, 0.3) is 64.8 Å². The molecule has 0 spiro atoms. The Labute approximate surface area is 207 Å². The minimum absolute atomic E-state index is 0.746. The third kappa shape index (κ3) is 3.40. The summed E-state index contributed by atoms with van der Waals surface area (Å²) >= 11 is 1.85. The Balaban J connectivity index is 1.46. The van der Waals surface area contributed by atoms with Gasteiger partial charge in [0.05, 0.1) is 11.2 Å². The van der Waals surface area contributed by atoms with Gasteiger partial charge in [-0.2, -0.15) is 0 Å². The first kappa shape index (κ1) is 20.1. The van der Waals surface area contributed by atoms with Crippen LogP contribution in [0.4, 0.5) is 0 Å². The van der Waals surface area contributed by atoms with E-state index in [2.05, 4.69) is 97.1 Å². The number of para-hydroxylation sites is 1. The van der Waals surface area contributed by atoms with Crippen molar-refractivity contribution in [1.29, 1.82) is 0 Å². The second kappa shape index (κ2) is 8.15. The van der Waals surface area contributed by atoms with Gasteiger partial charge in [0.15, 0.2) is 5.82 Å². The minimum atomic E-state index is 0.746. The average molecular weight is 465 g/mol. The molecule has 0 aliphatic rings. The summed E-state index contributed by atoms with van der Waals surface area (Å²) in [4.78, 5) is 9.94. The topological polar surface area (TPSA) is 25.8 Å². The van der Waals surface area contributed by atoms with Gasteiger partial charge >= 0.3 is 0 Å². The number of nitrogens with zero attached hydrogens (tertiary/aromatic N) is 2. The largest absolute Gasteiger partial charge is 0.228 e. The molecule has 0 fully saturated rings. The summed E-state index contributed by atoms with van der Waals surface area (Å²) < 4.78 is 2.63. The Bertz CT molecular complexity index is 1850. The van der Waals surface area contributed by atoms with Crippen LogP contribution in [0.15, 0.2) is 121 Å². The highest BCUT2D eigenvalue weighted by atomic mass is 32.1. The zero-order valence-corrected chi connectivity index (χ0v) is 19.7. The van der Waals surface area contributed by atoms with Gasteiger partial charge < -0.3 is 0 Å². The van der Waals surface area contributed by atoms with E-state index in [1.54, 1.807) is 0 Å². The van der Waals surface area contributed by atoms with Crippen LogP contribution in [0.3, 0.4) is 0 Å². The lowest BCUT2D eigenvalue weighted by Crippen LogP contribution is -1.95. The Hall–Kier alpha value is -4.34. The smallest absolute Gasteiger partial charge is 0.160 e. The molecule has 35 heavy (non-hydrogen) atoms. The molecule has 0 bridgehead atoms. The van der Waals surface area contributed by atoms with Gasteiger partial charge in [0.25, 0.3) is 0 Å². The molecule has 0 radical (unpaired) electrons. The van der Waals surface area contributed by atoms with Gasteiger partial charge in [0.2, 0.25) is 0 Å². The van der Waals surface area contributed by atoms with Crippen molar-refractivity contribution >= 4 is 42.4 Å². The number of thiophene rings is 1. The van der Waals surface area contributed by atoms with E-state index in [0.29, 0.717) is 0 Å². The molecule has 0 unspecified atom stereocenters. The number of aromatic nitrogens is 2. The van der Waals surface area contributed by atoms with Gasteiger partial charge in [-0.05, 0) is 35.4 Å². The molecular formula is C32H20N2S. The number of fused-ring (bicyclic) bond motifs is 4. The normalized spacial score (nSPS) is 11.4. The van der Waals surface area contributed by atoms with Gasteiger partial charge in [0.1, 0.15) is 0 Å². The first-order chi connectivity index (χ1) is 17.3. The highest BCUT2D eigenvalue weighted by Gasteiger charge is 2.14. The fourth-order valence-corrected chi connectivity index (χ4v) is 5.99. The maximum atomic E-state index is 5.07. The summed E-state index contributed by atoms with van der Waals surface area (Å²) in [7, 11) is 0. The molecule has 7 aromatic rings. The molecule has 0 saturated heterocycles. The zero-order chi connectivity index (χ0) is 23.2. The standard InChI is InChI=1S/C32H20N2S/c1-2-10-21(11-3-1)32-33-27-17-6-4-14-25(27)31(34-32)23-13-8-12-22(20-23)24-16-9-19-29-30(24)26-15-5-7-18-28(26)35-29/h1-20H. The predicted octanol–water partition coefficient (Wildman–Crippen LogP) is 9.00. The summed E-state index contributed by atoms with van der Waals surface area (Å²) in [6, 6.07) is 42.5. The molecule has 164 valence electrons. The highest BCUT2D eigenvalue weighted by molar-refractivity contribution is 7.25. The van der Waals surface area contributed by atoms with E-state index in [9.17, 15) is 0 Å². The van der Waals surface area contributed by atoms with Crippen LogP contribution in [0.2, 0.25) is 0 Å². The first-order valence-corrected chi connectivity index (χ1v) is 12.5. The Morgan fingerprint density at radius 3 is 2.09 bits per heavy atom. The summed E-state index contributed by atoms with van der Waals surface area (Å²) in [6.07, 6.45) is 0. The molecular weight excluding hydrogens is 444 g/mol. The minimum Gasteiger partial charge on any atom is -0.228 e. The second-order valence-electron chi connectivity index (χ2n) is 8.64. The zero-order valence-electron chi connectivity index (χ0n) is 18.8. The van der Waals surface area contributed by atoms with E-state index in [4.69, 9.17) is 9.97 Å². The molecule has 3 heteroatoms. The Kier molecular flexibility index (Phi) is 4.68. The van der Waals surface area contributed by atoms with E-state index >= 15 is 0 Å². The van der Waals surface area contributed by atoms with Crippen molar-refractivity contribution in [1.82, 2.24) is 9.97 Å². The summed E-state index contributed by atoms with van der Waals surface area (Å²) in [5, 5.41) is 3.69. The molecule has 2 aromatic heterocycles. The van der Waals surface area contributed by atoms with Crippen LogP contribution < -0.4 is 0 Å². The molecule has 0 amide bonds. The van der Waals surface area contributed by atoms with Crippen LogP contribution in [0.5, 0.6) is 0 Å². The lowest BCUT2D eigenvalue weighted by atomic mass is 9.96. The van der Waals surface area contributed by atoms with Crippen molar-refractivity contribution in [2.75, 3.05) is 0 Å². The molecule has 2 nitrogen and oxygen atoms in total. The molecule has 7 rings (SSSR count). The van der Waals surface area contributed by atoms with Crippen molar-refractivity contribution in [3.8, 4) is 33.8 Å². The first-order valence-electron chi connectivity index (χ1n) is 11.7. The lowest BCUT2D eigenvalue weighted by Gasteiger charge is -2.11. The number of hydrogen-bond acceptors (Lipinski definition) is 3. The lowest BCUT2D eigenvalue weighted by molar-refractivity contribution is 1.23. The van der Waals surface area contributed by atoms with E-state index in [-0.39, 0.29) is 0 Å². The quantitative estimate of drug-likeness (QED) is 0.261. The maximum Gasteiger partial charge on any atom is 0.160 e. The molecule has 2 heterocycles. The molecule has 0 aliphatic carbocycles. The average Bonchev–Trinajstić information content (AvgIpc) is 3.32. The Morgan fingerprint density at radius 2 is 1.17 bits per heavy atom. The van der Waals surface area contributed by atoms with Gasteiger partial charge in [-0.3, -0.25) is 0 Å². The molecule has 0 atom stereocenters. The van der Waals surface area contributed by atoms with Crippen molar-refractivity contribution < 1.29 is 0 Å². The van der Waals surface area contributed by atoms with Crippen molar-refractivity contribution in [2.24, 2.45) is 0 Å². The van der Waals surface area contributed by atoms with Gasteiger partial charge in [-0.1, -0.05) is 97.1 Å². The number of hydrogen-bond donors (Lipinski definition) is 0. The highest BCUT2D eigenvalue weighted by Crippen LogP contribution is 2.41. The summed E-state index contributed by atoms with van der Waals surface area (Å²) in [5.74, 6) is 0.746. The van der Waals surface area contributed by atoms with Crippen molar-refractivity contribution in [2.45, 2.75) is 0 Å². The van der Waals surface area contributed by atoms with Crippen LogP contribution >= 0.6 is 11.3 Å². The fraction of sp³-hybridized carbons (Fsp3) is 0. The van der Waals surface area contributed by atoms with Crippen LogP contribution in [0, 0.1) is 0 Å². The third-order valence-corrected chi connectivity index (χ3v) is 7.62. The van der Waals surface area contributed by atoms with Crippen molar-refractivity contribution in [3.63, 3.8) is 0 Å². The van der Waals surface area contributed by atoms with E-state index in [1.807, 2.05) is 35.6 Å². The van der Waals surface area contributed by atoms with Gasteiger partial charge in [-0.25, -0.2) is 9.97 Å². The summed E-state index contributed by atoms with van der Waals surface area (Å²) in [6.45, 7) is 0. The molecule has 0 aliphatic heterocycles. The van der Waals surface area contributed by atoms with Crippen molar-refractivity contribution in [3.05, 3.63) is 121 Å². The van der Waals surface area contributed by atoms with E-state index in [0.717, 1.165) is 33.5 Å². The molecule has 5 aromatic carbocycles. The fourth-order valence-electron chi connectivity index (χ4n) is 4.86. The summed E-state index contributed by atoms with van der Waals surface area (Å²) in [5.41, 5.74) is 6.47. The number of rotatable bonds is 3. The molecule has 0 saturated carbocycles. The molecule has 0 N–H and O–H groups in total. The van der Waals surface area contributed by atoms with Crippen LogP contribution in [-0.4, -0.2) is 9.97 Å². The van der Waals surface area contributed by atoms with Gasteiger partial charge in [-0.15, -0.1) is 11.3 Å². The van der Waals surface area contributed by atoms with Crippen LogP contribution in [-0.2, 0) is 0 Å².